The number of nitrogens with zero attached hydrogens (tertiary/aromatic N) is 1. The highest BCUT2D eigenvalue weighted by atomic mass is 16.4. The largest absolute Gasteiger partial charge is 0.480 e. The zero-order chi connectivity index (χ0) is 22.1. The van der Waals surface area contributed by atoms with Crippen molar-refractivity contribution in [1.29, 1.82) is 0 Å². The predicted octanol–water partition coefficient (Wildman–Crippen LogP) is -1.92. The van der Waals surface area contributed by atoms with Gasteiger partial charge >= 0.3 is 5.97 Å². The smallest absolute Gasteiger partial charge is 0.326 e. The summed E-state index contributed by atoms with van der Waals surface area (Å²) in [5, 5.41) is 13.9. The van der Waals surface area contributed by atoms with Crippen LogP contribution >= 0.6 is 0 Å². The van der Waals surface area contributed by atoms with E-state index in [1.807, 2.05) is 0 Å². The van der Waals surface area contributed by atoms with Gasteiger partial charge < -0.3 is 26.8 Å². The van der Waals surface area contributed by atoms with E-state index in [4.69, 9.17) is 12.3 Å². The van der Waals surface area contributed by atoms with Crippen LogP contribution in [0.1, 0.15) is 25.8 Å². The van der Waals surface area contributed by atoms with Gasteiger partial charge in [0.25, 0.3) is 0 Å². The number of carbonyl (C=O) groups excluding carboxylic acids is 4. The van der Waals surface area contributed by atoms with Crippen molar-refractivity contribution in [2.75, 3.05) is 0 Å². The van der Waals surface area contributed by atoms with E-state index >= 15 is 0 Å². The van der Waals surface area contributed by atoms with Gasteiger partial charge in [-0.25, -0.2) is 4.79 Å². The minimum Gasteiger partial charge on any atom is -0.480 e. The molecule has 0 unspecified atom stereocenters. The van der Waals surface area contributed by atoms with Gasteiger partial charge in [0, 0.05) is 12.4 Å². The first kappa shape index (κ1) is 20.8. The highest BCUT2D eigenvalue weighted by molar-refractivity contribution is 5.94. The number of nitrogens with one attached hydrogen (secondary N) is 3. The number of carboxylic acids is 1. The van der Waals surface area contributed by atoms with E-state index < -0.39 is 54.1 Å². The van der Waals surface area contributed by atoms with Crippen LogP contribution in [-0.4, -0.2) is 57.8 Å². The van der Waals surface area contributed by atoms with Crippen LogP contribution in [0.4, 0.5) is 0 Å². The summed E-state index contributed by atoms with van der Waals surface area (Å²) >= 11 is 0. The predicted molar refractivity (Wildman–Crippen MR) is 96.5 cm³/mol. The molecule has 1 aromatic rings. The van der Waals surface area contributed by atoms with Crippen molar-refractivity contribution in [2.45, 2.75) is 44.8 Å². The Morgan fingerprint density at radius 2 is 1.68 bits per heavy atom. The highest BCUT2D eigenvalue weighted by Gasteiger charge is 2.26. The molecule has 1 heterocycles. The number of primary amides is 1. The lowest BCUT2D eigenvalue weighted by Gasteiger charge is -2.20. The van der Waals surface area contributed by atoms with Gasteiger partial charge in [-0.1, -0.05) is 0 Å². The quantitative estimate of drug-likeness (QED) is 0.306. The first-order chi connectivity index (χ1) is 13.5. The lowest BCUT2D eigenvalue weighted by atomic mass is 10.1. The van der Waals surface area contributed by atoms with Crippen LogP contribution < -0.4 is 21.7 Å². The molecule has 4 amide bonds. The number of carbonyl (C=O) groups is 5. The number of aromatic nitrogens is 1. The standard InChI is InChI=1S/C17H23N5O6/c1-9(20-14(24)7-11-3-5-19-6-4-11)15(25)21-10(2)16(26)22-12(17(27)28)8-13(18)23/h3-6,9-10,12H,7-8H2,1-2H3,(H2,18,23)(H,20,24)(H,21,25)(H,22,26)(H,27,28)/t9-,10-,12-/m0/s1/i/hD. The molecule has 0 spiro atoms. The van der Waals surface area contributed by atoms with Crippen molar-refractivity contribution in [3.63, 3.8) is 0 Å². The van der Waals surface area contributed by atoms with Gasteiger partial charge in [-0.3, -0.25) is 24.2 Å². The summed E-state index contributed by atoms with van der Waals surface area (Å²) in [7, 11) is 0. The van der Waals surface area contributed by atoms with E-state index in [9.17, 15) is 24.0 Å². The maximum absolute atomic E-state index is 12.2. The van der Waals surface area contributed by atoms with E-state index in [2.05, 4.69) is 15.6 Å². The number of rotatable bonds is 10. The average molecular weight is 394 g/mol. The molecule has 0 saturated heterocycles. The summed E-state index contributed by atoms with van der Waals surface area (Å²) < 4.78 is 7.84. The second-order valence-corrected chi connectivity index (χ2v) is 6.03. The first-order valence-electron chi connectivity index (χ1n) is 8.79. The lowest BCUT2D eigenvalue weighted by molar-refractivity contribution is -0.143. The number of carboxylic acid groups (broad SMARTS) is 1. The van der Waals surface area contributed by atoms with Crippen molar-refractivity contribution in [3.8, 4) is 0 Å². The summed E-state index contributed by atoms with van der Waals surface area (Å²) in [6, 6.07) is -0.711. The van der Waals surface area contributed by atoms with Crippen molar-refractivity contribution in [1.82, 2.24) is 20.9 Å². The van der Waals surface area contributed by atoms with Crippen LogP contribution in [0.5, 0.6) is 0 Å². The minimum absolute atomic E-state index is 0.104. The maximum Gasteiger partial charge on any atom is 0.326 e. The van der Waals surface area contributed by atoms with Gasteiger partial charge in [0.2, 0.25) is 23.6 Å². The summed E-state index contributed by atoms with van der Waals surface area (Å²) in [6.45, 7) is 2.60. The fourth-order valence-corrected chi connectivity index (χ4v) is 2.09. The Morgan fingerprint density at radius 3 is 2.21 bits per heavy atom. The van der Waals surface area contributed by atoms with Crippen molar-refractivity contribution >= 4 is 29.6 Å². The van der Waals surface area contributed by atoms with E-state index in [1.54, 1.807) is 12.1 Å². The van der Waals surface area contributed by atoms with Crippen LogP contribution in [0, 0.1) is 0 Å². The van der Waals surface area contributed by atoms with Crippen molar-refractivity contribution < 1.29 is 30.5 Å². The van der Waals surface area contributed by atoms with Crippen LogP contribution in [0.3, 0.4) is 0 Å². The Morgan fingerprint density at radius 1 is 1.11 bits per heavy atom. The molecule has 0 aliphatic rings. The fourth-order valence-electron chi connectivity index (χ4n) is 2.09. The van der Waals surface area contributed by atoms with E-state index in [0.29, 0.717) is 10.9 Å². The summed E-state index contributed by atoms with van der Waals surface area (Å²) in [5.74, 6) is -4.65. The lowest BCUT2D eigenvalue weighted by Crippen LogP contribution is -2.54. The summed E-state index contributed by atoms with van der Waals surface area (Å²) in [4.78, 5) is 62.2. The number of nitrogens with two attached hydrogens (primary N) is 1. The number of amides is 4. The van der Waals surface area contributed by atoms with Gasteiger partial charge in [0.1, 0.15) is 18.1 Å². The fraction of sp³-hybridized carbons (Fsp3) is 0.412. The zero-order valence-electron chi connectivity index (χ0n) is 16.4. The molecule has 11 heteroatoms. The highest BCUT2D eigenvalue weighted by Crippen LogP contribution is 1.98. The molecule has 0 fully saturated rings. The van der Waals surface area contributed by atoms with Crippen LogP contribution in [0.2, 0.25) is 1.41 Å². The number of hydrogen-bond donors (Lipinski definition) is 5. The molecule has 6 N–H and O–H groups in total. The van der Waals surface area contributed by atoms with Gasteiger partial charge in [-0.15, -0.1) is 0 Å². The van der Waals surface area contributed by atoms with Crippen LogP contribution in [-0.2, 0) is 30.4 Å². The topological polar surface area (TPSA) is 181 Å². The molecule has 152 valence electrons. The van der Waals surface area contributed by atoms with Crippen LogP contribution in [0.15, 0.2) is 24.5 Å². The van der Waals surface area contributed by atoms with E-state index in [0.717, 1.165) is 0 Å². The SMILES string of the molecule is [2H]N(C(=O)Cc1ccncc1)[C@@H](C)C(=O)N[C@@H](C)C(=O)N[C@@H](CC(N)=O)C(=O)O. The molecule has 0 aromatic carbocycles. The normalized spacial score (nSPS) is 14.0. The first-order valence-corrected chi connectivity index (χ1v) is 8.34. The summed E-state index contributed by atoms with van der Waals surface area (Å²) in [6.07, 6.45) is 2.28. The molecule has 0 aliphatic carbocycles. The molecular weight excluding hydrogens is 370 g/mol. The van der Waals surface area contributed by atoms with E-state index in [-0.39, 0.29) is 6.42 Å². The molecule has 0 bridgehead atoms. The number of hydrogen-bond acceptors (Lipinski definition) is 6. The van der Waals surface area contributed by atoms with Gasteiger partial charge in [0.05, 0.1) is 12.8 Å². The zero-order valence-corrected chi connectivity index (χ0v) is 15.4. The van der Waals surface area contributed by atoms with Gasteiger partial charge in [-0.2, -0.15) is 0 Å². The molecular formula is C17H23N5O6. The van der Waals surface area contributed by atoms with E-state index in [1.165, 1.54) is 26.2 Å². The molecule has 3 atom stereocenters. The number of aliphatic carboxylic acids is 1. The van der Waals surface area contributed by atoms with Crippen molar-refractivity contribution in [2.24, 2.45) is 5.73 Å². The molecule has 1 rings (SSSR count). The Hall–Kier alpha value is -3.50. The molecule has 0 aliphatic heterocycles. The van der Waals surface area contributed by atoms with Gasteiger partial charge in [0.15, 0.2) is 1.41 Å². The third-order valence-corrected chi connectivity index (χ3v) is 3.59. The Labute approximate surface area is 162 Å². The number of pyridine rings is 1. The Kier molecular flexibility index (Phi) is 7.88. The second kappa shape index (κ2) is 10.6. The molecule has 11 nitrogen and oxygen atoms in total. The Bertz CT molecular complexity index is 775. The van der Waals surface area contributed by atoms with Crippen molar-refractivity contribution in [3.05, 3.63) is 30.1 Å². The van der Waals surface area contributed by atoms with Crippen LogP contribution in [0.25, 0.3) is 0 Å². The minimum atomic E-state index is -1.54. The molecule has 28 heavy (non-hydrogen) atoms. The monoisotopic (exact) mass is 394 g/mol. The average Bonchev–Trinajstić information content (AvgIpc) is 2.66. The van der Waals surface area contributed by atoms with Gasteiger partial charge in [-0.05, 0) is 31.5 Å². The summed E-state index contributed by atoms with van der Waals surface area (Å²) in [5.41, 5.74) is 5.56. The maximum atomic E-state index is 12.2. The Balaban J connectivity index is 2.63. The second-order valence-electron chi connectivity index (χ2n) is 6.03. The molecule has 1 aromatic heterocycles. The third kappa shape index (κ3) is 7.81. The third-order valence-electron chi connectivity index (χ3n) is 3.59. The molecule has 0 saturated carbocycles. The molecule has 0 radical (unpaired) electrons.